The molecule has 1 unspecified atom stereocenters. The van der Waals surface area contributed by atoms with Crippen LogP contribution in [0.15, 0.2) is 24.3 Å². The predicted octanol–water partition coefficient (Wildman–Crippen LogP) is 1.92. The number of anilines is 1. The van der Waals surface area contributed by atoms with E-state index in [4.69, 9.17) is 15.2 Å². The molecule has 1 atom stereocenters. The Kier molecular flexibility index (Phi) is 4.59. The monoisotopic (exact) mass is 249 g/mol. The summed E-state index contributed by atoms with van der Waals surface area (Å²) in [7, 11) is 0. The number of carbonyl (C=O) groups is 1. The summed E-state index contributed by atoms with van der Waals surface area (Å²) in [5.41, 5.74) is 7.46. The Morgan fingerprint density at radius 3 is 3.11 bits per heavy atom. The zero-order valence-electron chi connectivity index (χ0n) is 10.4. The Hall–Kier alpha value is -1.55. The van der Waals surface area contributed by atoms with E-state index >= 15 is 0 Å². The minimum atomic E-state index is -0.173. The summed E-state index contributed by atoms with van der Waals surface area (Å²) in [6.45, 7) is 1.17. The molecule has 4 nitrogen and oxygen atoms in total. The fourth-order valence-corrected chi connectivity index (χ4v) is 2.03. The van der Waals surface area contributed by atoms with Crippen molar-refractivity contribution in [1.29, 1.82) is 0 Å². The van der Waals surface area contributed by atoms with Crippen LogP contribution >= 0.6 is 0 Å². The number of esters is 1. The largest absolute Gasteiger partial charge is 0.463 e. The van der Waals surface area contributed by atoms with E-state index < -0.39 is 0 Å². The molecule has 1 saturated heterocycles. The highest BCUT2D eigenvalue weighted by Crippen LogP contribution is 2.13. The molecule has 4 heteroatoms. The minimum absolute atomic E-state index is 0.0984. The van der Waals surface area contributed by atoms with Crippen molar-refractivity contribution in [3.05, 3.63) is 29.8 Å². The van der Waals surface area contributed by atoms with Gasteiger partial charge in [0.05, 0.1) is 6.10 Å². The summed E-state index contributed by atoms with van der Waals surface area (Å²) in [6, 6.07) is 7.57. The lowest BCUT2D eigenvalue weighted by Crippen LogP contribution is -2.18. The quantitative estimate of drug-likeness (QED) is 0.639. The maximum atomic E-state index is 11.5. The van der Waals surface area contributed by atoms with Crippen LogP contribution in [-0.2, 0) is 20.7 Å². The molecule has 98 valence electrons. The average molecular weight is 249 g/mol. The topological polar surface area (TPSA) is 61.6 Å². The molecule has 1 heterocycles. The molecule has 0 bridgehead atoms. The molecule has 2 rings (SSSR count). The Labute approximate surface area is 107 Å². The van der Waals surface area contributed by atoms with Gasteiger partial charge in [-0.2, -0.15) is 0 Å². The molecular formula is C14H19NO3. The molecule has 0 aromatic heterocycles. The number of hydrogen-bond acceptors (Lipinski definition) is 4. The highest BCUT2D eigenvalue weighted by Gasteiger charge is 2.17. The maximum absolute atomic E-state index is 11.5. The normalized spacial score (nSPS) is 18.8. The summed E-state index contributed by atoms with van der Waals surface area (Å²) in [6.07, 6.45) is 3.20. The van der Waals surface area contributed by atoms with E-state index in [-0.39, 0.29) is 12.1 Å². The van der Waals surface area contributed by atoms with Gasteiger partial charge in [0.2, 0.25) is 0 Å². The molecule has 0 aliphatic carbocycles. The van der Waals surface area contributed by atoms with Crippen LogP contribution in [-0.4, -0.2) is 25.3 Å². The van der Waals surface area contributed by atoms with Crippen molar-refractivity contribution in [1.82, 2.24) is 0 Å². The summed E-state index contributed by atoms with van der Waals surface area (Å²) >= 11 is 0. The summed E-state index contributed by atoms with van der Waals surface area (Å²) in [4.78, 5) is 11.5. The number of rotatable bonds is 5. The summed E-state index contributed by atoms with van der Waals surface area (Å²) in [5, 5.41) is 0. The lowest BCUT2D eigenvalue weighted by Gasteiger charge is -2.10. The van der Waals surface area contributed by atoms with Crippen LogP contribution in [0.5, 0.6) is 0 Å². The van der Waals surface area contributed by atoms with Crippen LogP contribution in [0.25, 0.3) is 0 Å². The van der Waals surface area contributed by atoms with Crippen molar-refractivity contribution in [2.75, 3.05) is 18.9 Å². The predicted molar refractivity (Wildman–Crippen MR) is 69.1 cm³/mol. The van der Waals surface area contributed by atoms with E-state index in [0.29, 0.717) is 19.4 Å². The van der Waals surface area contributed by atoms with Gasteiger partial charge in [0, 0.05) is 18.7 Å². The first-order valence-corrected chi connectivity index (χ1v) is 6.35. The fraction of sp³-hybridized carbons (Fsp3) is 0.500. The van der Waals surface area contributed by atoms with E-state index in [1.807, 2.05) is 24.3 Å². The number of hydrogen-bond donors (Lipinski definition) is 1. The van der Waals surface area contributed by atoms with Gasteiger partial charge >= 0.3 is 5.97 Å². The lowest BCUT2D eigenvalue weighted by molar-refractivity contribution is -0.146. The zero-order valence-corrected chi connectivity index (χ0v) is 10.4. The third kappa shape index (κ3) is 4.04. The van der Waals surface area contributed by atoms with Gasteiger partial charge in [-0.3, -0.25) is 4.79 Å². The second-order valence-corrected chi connectivity index (χ2v) is 4.56. The second kappa shape index (κ2) is 6.40. The molecule has 1 aliphatic heterocycles. The lowest BCUT2D eigenvalue weighted by atomic mass is 10.1. The van der Waals surface area contributed by atoms with E-state index in [1.165, 1.54) is 0 Å². The Morgan fingerprint density at radius 1 is 1.50 bits per heavy atom. The van der Waals surface area contributed by atoms with Gasteiger partial charge in [-0.1, -0.05) is 12.1 Å². The highest BCUT2D eigenvalue weighted by molar-refractivity contribution is 5.69. The van der Waals surface area contributed by atoms with Crippen LogP contribution in [0.3, 0.4) is 0 Å². The number of ether oxygens (including phenoxy) is 2. The number of nitrogen functional groups attached to an aromatic ring is 1. The van der Waals surface area contributed by atoms with Crippen molar-refractivity contribution < 1.29 is 14.3 Å². The first kappa shape index (κ1) is 12.9. The van der Waals surface area contributed by atoms with Crippen molar-refractivity contribution in [2.45, 2.75) is 31.8 Å². The molecule has 1 aliphatic rings. The van der Waals surface area contributed by atoms with Crippen LogP contribution in [0, 0.1) is 0 Å². The van der Waals surface area contributed by atoms with Crippen LogP contribution < -0.4 is 5.73 Å². The van der Waals surface area contributed by atoms with E-state index in [2.05, 4.69) is 0 Å². The van der Waals surface area contributed by atoms with E-state index in [1.54, 1.807) is 0 Å². The van der Waals surface area contributed by atoms with Crippen molar-refractivity contribution in [3.63, 3.8) is 0 Å². The molecule has 2 N–H and O–H groups in total. The first-order valence-electron chi connectivity index (χ1n) is 6.35. The van der Waals surface area contributed by atoms with Crippen LogP contribution in [0.2, 0.25) is 0 Å². The standard InChI is InChI=1S/C14H19NO3/c15-12-4-1-3-11(9-12)6-7-14(16)18-10-13-5-2-8-17-13/h1,3-4,9,13H,2,5-8,10,15H2. The molecule has 1 aromatic carbocycles. The number of aryl methyl sites for hydroxylation is 1. The van der Waals surface area contributed by atoms with Crippen molar-refractivity contribution in [2.24, 2.45) is 0 Å². The van der Waals surface area contributed by atoms with E-state index in [9.17, 15) is 4.79 Å². The first-order chi connectivity index (χ1) is 8.74. The van der Waals surface area contributed by atoms with Crippen LogP contribution in [0.1, 0.15) is 24.8 Å². The van der Waals surface area contributed by atoms with Crippen molar-refractivity contribution >= 4 is 11.7 Å². The third-order valence-electron chi connectivity index (χ3n) is 3.02. The summed E-state index contributed by atoms with van der Waals surface area (Å²) in [5.74, 6) is -0.173. The molecule has 0 radical (unpaired) electrons. The molecule has 1 aromatic rings. The Bertz CT molecular complexity index is 400. The molecule has 0 spiro atoms. The maximum Gasteiger partial charge on any atom is 0.306 e. The minimum Gasteiger partial charge on any atom is -0.463 e. The molecule has 0 saturated carbocycles. The van der Waals surface area contributed by atoms with Gasteiger partial charge in [0.1, 0.15) is 6.61 Å². The van der Waals surface area contributed by atoms with Gasteiger partial charge < -0.3 is 15.2 Å². The van der Waals surface area contributed by atoms with Gasteiger partial charge in [-0.05, 0) is 37.0 Å². The Balaban J connectivity index is 1.68. The van der Waals surface area contributed by atoms with Crippen molar-refractivity contribution in [3.8, 4) is 0 Å². The van der Waals surface area contributed by atoms with E-state index in [0.717, 1.165) is 30.7 Å². The SMILES string of the molecule is Nc1cccc(CCC(=O)OCC2CCCO2)c1. The van der Waals surface area contributed by atoms with Gasteiger partial charge in [-0.25, -0.2) is 0 Å². The summed E-state index contributed by atoms with van der Waals surface area (Å²) < 4.78 is 10.6. The average Bonchev–Trinajstić information content (AvgIpc) is 2.87. The highest BCUT2D eigenvalue weighted by atomic mass is 16.6. The fourth-order valence-electron chi connectivity index (χ4n) is 2.03. The third-order valence-corrected chi connectivity index (χ3v) is 3.02. The number of benzene rings is 1. The zero-order chi connectivity index (χ0) is 12.8. The molecular weight excluding hydrogens is 230 g/mol. The Morgan fingerprint density at radius 2 is 2.39 bits per heavy atom. The smallest absolute Gasteiger partial charge is 0.306 e. The van der Waals surface area contributed by atoms with Gasteiger partial charge in [-0.15, -0.1) is 0 Å². The molecule has 1 fully saturated rings. The number of nitrogens with two attached hydrogens (primary N) is 1. The molecule has 18 heavy (non-hydrogen) atoms. The van der Waals surface area contributed by atoms with Gasteiger partial charge in [0.15, 0.2) is 0 Å². The second-order valence-electron chi connectivity index (χ2n) is 4.56. The number of carbonyl (C=O) groups excluding carboxylic acids is 1. The molecule has 0 amide bonds. The van der Waals surface area contributed by atoms with Crippen LogP contribution in [0.4, 0.5) is 5.69 Å². The van der Waals surface area contributed by atoms with Gasteiger partial charge in [0.25, 0.3) is 0 Å².